The Kier molecular flexibility index (Phi) is 7.30. The standard InChI is InChI=1S/C24H30N4O5S2/c1-5-33-19-8-6-18(7-9-19)26-20(29)13-27-14-25-23-21(24(27)30)22(17(4)34-23)35(31,32)28-11-15(2)10-16(3)12-28/h6-9,14-16H,5,10-13H2,1-4H3,(H,26,29)/t15-,16+. The van der Waals surface area contributed by atoms with Crippen molar-refractivity contribution >= 4 is 43.2 Å². The van der Waals surface area contributed by atoms with Gasteiger partial charge in [0.15, 0.2) is 0 Å². The van der Waals surface area contributed by atoms with E-state index >= 15 is 0 Å². The zero-order valence-corrected chi connectivity index (χ0v) is 21.9. The highest BCUT2D eigenvalue weighted by Gasteiger charge is 2.35. The van der Waals surface area contributed by atoms with Crippen LogP contribution >= 0.6 is 11.3 Å². The molecule has 3 aromatic rings. The predicted molar refractivity (Wildman–Crippen MR) is 137 cm³/mol. The highest BCUT2D eigenvalue weighted by Crippen LogP contribution is 2.35. The van der Waals surface area contributed by atoms with Gasteiger partial charge in [0.1, 0.15) is 22.0 Å². The Morgan fingerprint density at radius 1 is 1.20 bits per heavy atom. The van der Waals surface area contributed by atoms with Crippen LogP contribution in [0.4, 0.5) is 5.69 Å². The van der Waals surface area contributed by atoms with Gasteiger partial charge in [-0.3, -0.25) is 14.2 Å². The van der Waals surface area contributed by atoms with E-state index in [-0.39, 0.29) is 28.7 Å². The molecular weight excluding hydrogens is 488 g/mol. The van der Waals surface area contributed by atoms with Crippen molar-refractivity contribution in [1.29, 1.82) is 0 Å². The number of hydrogen-bond acceptors (Lipinski definition) is 7. The second-order valence-corrected chi connectivity index (χ2v) is 12.2. The Labute approximate surface area is 208 Å². The summed E-state index contributed by atoms with van der Waals surface area (Å²) in [6, 6.07) is 6.90. The average Bonchev–Trinajstić information content (AvgIpc) is 3.14. The molecule has 1 aromatic carbocycles. The number of carbonyl (C=O) groups is 1. The molecule has 2 aromatic heterocycles. The fraction of sp³-hybridized carbons (Fsp3) is 0.458. The van der Waals surface area contributed by atoms with Crippen LogP contribution in [-0.4, -0.2) is 47.9 Å². The van der Waals surface area contributed by atoms with Crippen molar-refractivity contribution in [2.24, 2.45) is 11.8 Å². The van der Waals surface area contributed by atoms with E-state index in [9.17, 15) is 18.0 Å². The molecule has 11 heteroatoms. The molecule has 9 nitrogen and oxygen atoms in total. The van der Waals surface area contributed by atoms with Gasteiger partial charge in [-0.15, -0.1) is 11.3 Å². The van der Waals surface area contributed by atoms with Crippen LogP contribution < -0.4 is 15.6 Å². The van der Waals surface area contributed by atoms with E-state index in [2.05, 4.69) is 10.3 Å². The third kappa shape index (κ3) is 5.26. The molecule has 3 heterocycles. The van der Waals surface area contributed by atoms with Crippen LogP contribution in [0.5, 0.6) is 5.75 Å². The highest BCUT2D eigenvalue weighted by molar-refractivity contribution is 7.89. The fourth-order valence-electron chi connectivity index (χ4n) is 4.62. The minimum Gasteiger partial charge on any atom is -0.494 e. The summed E-state index contributed by atoms with van der Waals surface area (Å²) in [4.78, 5) is 31.2. The largest absolute Gasteiger partial charge is 0.494 e. The molecule has 188 valence electrons. The monoisotopic (exact) mass is 518 g/mol. The molecular formula is C24H30N4O5S2. The van der Waals surface area contributed by atoms with Crippen LogP contribution in [0.25, 0.3) is 10.2 Å². The quantitative estimate of drug-likeness (QED) is 0.513. The fourth-order valence-corrected chi connectivity index (χ4v) is 7.97. The van der Waals surface area contributed by atoms with Gasteiger partial charge in [-0.05, 0) is 56.4 Å². The van der Waals surface area contributed by atoms with Crippen molar-refractivity contribution in [3.05, 3.63) is 45.8 Å². The number of rotatable bonds is 7. The molecule has 0 saturated carbocycles. The SMILES string of the molecule is CCOc1ccc(NC(=O)Cn2cnc3sc(C)c(S(=O)(=O)N4C[C@H](C)C[C@H](C)C4)c3c2=O)cc1. The van der Waals surface area contributed by atoms with E-state index in [1.807, 2.05) is 20.8 Å². The summed E-state index contributed by atoms with van der Waals surface area (Å²) in [6.07, 6.45) is 2.26. The van der Waals surface area contributed by atoms with Gasteiger partial charge >= 0.3 is 0 Å². The summed E-state index contributed by atoms with van der Waals surface area (Å²) in [5.41, 5.74) is 0.0152. The molecule has 1 saturated heterocycles. The van der Waals surface area contributed by atoms with Crippen LogP contribution in [0.2, 0.25) is 0 Å². The number of sulfonamides is 1. The zero-order valence-electron chi connectivity index (χ0n) is 20.3. The van der Waals surface area contributed by atoms with Gasteiger partial charge in [-0.2, -0.15) is 4.31 Å². The Hall–Kier alpha value is -2.76. The number of nitrogens with one attached hydrogen (secondary N) is 1. The molecule has 0 aliphatic carbocycles. The number of aromatic nitrogens is 2. The first-order valence-corrected chi connectivity index (χ1v) is 13.9. The van der Waals surface area contributed by atoms with E-state index in [1.165, 1.54) is 22.0 Å². The molecule has 2 atom stereocenters. The van der Waals surface area contributed by atoms with Gasteiger partial charge < -0.3 is 10.1 Å². The zero-order chi connectivity index (χ0) is 25.3. The van der Waals surface area contributed by atoms with Crippen molar-refractivity contribution in [2.45, 2.75) is 45.6 Å². The average molecular weight is 519 g/mol. The summed E-state index contributed by atoms with van der Waals surface area (Å²) in [6.45, 7) is 8.74. The summed E-state index contributed by atoms with van der Waals surface area (Å²) in [5, 5.41) is 2.79. The Morgan fingerprint density at radius 3 is 2.49 bits per heavy atom. The molecule has 0 bridgehead atoms. The third-order valence-electron chi connectivity index (χ3n) is 6.00. The van der Waals surface area contributed by atoms with Crippen molar-refractivity contribution in [2.75, 3.05) is 25.0 Å². The second kappa shape index (κ2) is 10.1. The normalized spacial score (nSPS) is 19.1. The summed E-state index contributed by atoms with van der Waals surface area (Å²) in [5.74, 6) is 0.738. The number of carbonyl (C=O) groups excluding carboxylic acids is 1. The number of nitrogens with zero attached hydrogens (tertiary/aromatic N) is 3. The smallest absolute Gasteiger partial charge is 0.263 e. The number of ether oxygens (including phenoxy) is 1. The van der Waals surface area contributed by atoms with Gasteiger partial charge in [0.25, 0.3) is 5.56 Å². The Bertz CT molecular complexity index is 1390. The lowest BCUT2D eigenvalue weighted by Gasteiger charge is -2.34. The number of benzene rings is 1. The molecule has 0 spiro atoms. The molecule has 0 radical (unpaired) electrons. The molecule has 0 unspecified atom stereocenters. The Balaban J connectivity index is 1.63. The lowest BCUT2D eigenvalue weighted by atomic mass is 9.94. The number of anilines is 1. The summed E-state index contributed by atoms with van der Waals surface area (Å²) < 4.78 is 35.3. The molecule has 1 aliphatic rings. The van der Waals surface area contributed by atoms with E-state index in [1.54, 1.807) is 31.2 Å². The van der Waals surface area contributed by atoms with Crippen LogP contribution in [0.15, 0.2) is 40.3 Å². The third-order valence-corrected chi connectivity index (χ3v) is 9.14. The summed E-state index contributed by atoms with van der Waals surface area (Å²) >= 11 is 1.18. The van der Waals surface area contributed by atoms with Gasteiger partial charge in [0.2, 0.25) is 15.9 Å². The highest BCUT2D eigenvalue weighted by atomic mass is 32.2. The Morgan fingerprint density at radius 2 is 1.86 bits per heavy atom. The lowest BCUT2D eigenvalue weighted by Crippen LogP contribution is -2.42. The van der Waals surface area contributed by atoms with E-state index in [0.29, 0.717) is 40.8 Å². The molecule has 1 aliphatic heterocycles. The van der Waals surface area contributed by atoms with Crippen LogP contribution in [0.1, 0.15) is 32.1 Å². The molecule has 4 rings (SSSR count). The maximum atomic E-state index is 13.6. The first kappa shape index (κ1) is 25.3. The molecule has 1 amide bonds. The van der Waals surface area contributed by atoms with Gasteiger partial charge in [0, 0.05) is 23.7 Å². The molecule has 1 fully saturated rings. The number of amides is 1. The molecule has 35 heavy (non-hydrogen) atoms. The number of fused-ring (bicyclic) bond motifs is 1. The number of hydrogen-bond donors (Lipinski definition) is 1. The first-order chi connectivity index (χ1) is 16.6. The maximum absolute atomic E-state index is 13.6. The van der Waals surface area contributed by atoms with Crippen LogP contribution in [0, 0.1) is 18.8 Å². The van der Waals surface area contributed by atoms with Gasteiger partial charge in [-0.1, -0.05) is 13.8 Å². The van der Waals surface area contributed by atoms with Crippen molar-refractivity contribution < 1.29 is 17.9 Å². The van der Waals surface area contributed by atoms with E-state index in [4.69, 9.17) is 4.74 Å². The number of thiophene rings is 1. The number of aryl methyl sites for hydroxylation is 1. The summed E-state index contributed by atoms with van der Waals surface area (Å²) in [7, 11) is -3.89. The molecule has 1 N–H and O–H groups in total. The van der Waals surface area contributed by atoms with Gasteiger partial charge in [-0.25, -0.2) is 13.4 Å². The second-order valence-electron chi connectivity index (χ2n) is 9.12. The van der Waals surface area contributed by atoms with Crippen molar-refractivity contribution in [3.8, 4) is 5.75 Å². The lowest BCUT2D eigenvalue weighted by molar-refractivity contribution is -0.116. The minimum absolute atomic E-state index is 0.0116. The van der Waals surface area contributed by atoms with Crippen LogP contribution in [0.3, 0.4) is 0 Å². The van der Waals surface area contributed by atoms with E-state index < -0.39 is 21.5 Å². The van der Waals surface area contributed by atoms with Gasteiger partial charge in [0.05, 0.1) is 18.3 Å². The van der Waals surface area contributed by atoms with E-state index in [0.717, 1.165) is 11.0 Å². The predicted octanol–water partition coefficient (Wildman–Crippen LogP) is 3.47. The first-order valence-electron chi connectivity index (χ1n) is 11.6. The minimum atomic E-state index is -3.89. The topological polar surface area (TPSA) is 111 Å². The van der Waals surface area contributed by atoms with Crippen molar-refractivity contribution in [1.82, 2.24) is 13.9 Å². The van der Waals surface area contributed by atoms with Crippen LogP contribution in [-0.2, 0) is 21.4 Å². The number of piperidine rings is 1. The maximum Gasteiger partial charge on any atom is 0.263 e. The van der Waals surface area contributed by atoms with Crippen molar-refractivity contribution in [3.63, 3.8) is 0 Å².